The number of para-hydroxylation sites is 1. The lowest BCUT2D eigenvalue weighted by Crippen LogP contribution is -2.14. The SMILES string of the molecule is Cc1nc2c3ccccc3nc(SCC(=O)Nc3cccc(Cl)c3)n2n1. The van der Waals surface area contributed by atoms with Crippen LogP contribution in [-0.4, -0.2) is 31.2 Å². The summed E-state index contributed by atoms with van der Waals surface area (Å²) in [7, 11) is 0. The molecule has 0 aliphatic heterocycles. The van der Waals surface area contributed by atoms with Crippen LogP contribution in [0.25, 0.3) is 16.6 Å². The van der Waals surface area contributed by atoms with Gasteiger partial charge in [-0.05, 0) is 37.3 Å². The van der Waals surface area contributed by atoms with Crippen LogP contribution >= 0.6 is 23.4 Å². The van der Waals surface area contributed by atoms with Crippen molar-refractivity contribution >= 4 is 51.5 Å². The number of carbonyl (C=O) groups is 1. The first kappa shape index (κ1) is 16.8. The topological polar surface area (TPSA) is 72.2 Å². The van der Waals surface area contributed by atoms with Gasteiger partial charge >= 0.3 is 0 Å². The Morgan fingerprint density at radius 3 is 2.88 bits per heavy atom. The molecule has 0 aliphatic rings. The Hall–Kier alpha value is -2.64. The molecule has 0 bridgehead atoms. The number of carbonyl (C=O) groups excluding carboxylic acids is 1. The average molecular weight is 384 g/mol. The van der Waals surface area contributed by atoms with Crippen molar-refractivity contribution in [3.8, 4) is 0 Å². The summed E-state index contributed by atoms with van der Waals surface area (Å²) in [4.78, 5) is 21.4. The molecule has 0 radical (unpaired) electrons. The van der Waals surface area contributed by atoms with Crippen LogP contribution in [0.3, 0.4) is 0 Å². The molecule has 2 aromatic heterocycles. The average Bonchev–Trinajstić information content (AvgIpc) is 3.01. The number of fused-ring (bicyclic) bond motifs is 3. The molecule has 2 heterocycles. The molecule has 4 aromatic rings. The van der Waals surface area contributed by atoms with E-state index in [0.717, 1.165) is 16.6 Å². The smallest absolute Gasteiger partial charge is 0.234 e. The van der Waals surface area contributed by atoms with Gasteiger partial charge in [-0.15, -0.1) is 5.10 Å². The zero-order chi connectivity index (χ0) is 18.1. The van der Waals surface area contributed by atoms with Gasteiger partial charge in [0.05, 0.1) is 11.3 Å². The van der Waals surface area contributed by atoms with Crippen LogP contribution in [-0.2, 0) is 4.79 Å². The van der Waals surface area contributed by atoms with E-state index in [2.05, 4.69) is 20.4 Å². The third-order valence-electron chi connectivity index (χ3n) is 3.70. The summed E-state index contributed by atoms with van der Waals surface area (Å²) >= 11 is 7.25. The Balaban J connectivity index is 1.59. The minimum atomic E-state index is -0.141. The number of anilines is 1. The quantitative estimate of drug-likeness (QED) is 0.426. The largest absolute Gasteiger partial charge is 0.325 e. The Labute approximate surface area is 158 Å². The van der Waals surface area contributed by atoms with E-state index in [9.17, 15) is 4.79 Å². The van der Waals surface area contributed by atoms with E-state index in [1.54, 1.807) is 28.8 Å². The molecule has 0 saturated heterocycles. The van der Waals surface area contributed by atoms with Gasteiger partial charge in [-0.1, -0.05) is 41.6 Å². The van der Waals surface area contributed by atoms with E-state index < -0.39 is 0 Å². The first-order valence-corrected chi connectivity index (χ1v) is 9.27. The van der Waals surface area contributed by atoms with Crippen molar-refractivity contribution in [1.82, 2.24) is 19.6 Å². The first-order valence-electron chi connectivity index (χ1n) is 7.90. The molecule has 0 saturated carbocycles. The van der Waals surface area contributed by atoms with E-state index in [-0.39, 0.29) is 11.7 Å². The van der Waals surface area contributed by atoms with E-state index in [1.165, 1.54) is 11.8 Å². The fourth-order valence-electron chi connectivity index (χ4n) is 2.62. The summed E-state index contributed by atoms with van der Waals surface area (Å²) < 4.78 is 1.69. The second-order valence-electron chi connectivity index (χ2n) is 5.65. The maximum absolute atomic E-state index is 12.3. The molecule has 0 unspecified atom stereocenters. The number of hydrogen-bond acceptors (Lipinski definition) is 5. The summed E-state index contributed by atoms with van der Waals surface area (Å²) in [6.07, 6.45) is 0. The summed E-state index contributed by atoms with van der Waals surface area (Å²) in [5.41, 5.74) is 2.23. The highest BCUT2D eigenvalue weighted by Crippen LogP contribution is 2.24. The normalized spacial score (nSPS) is 11.2. The van der Waals surface area contributed by atoms with Gasteiger partial charge in [-0.25, -0.2) is 9.97 Å². The summed E-state index contributed by atoms with van der Waals surface area (Å²) in [5.74, 6) is 0.719. The van der Waals surface area contributed by atoms with Crippen LogP contribution < -0.4 is 5.32 Å². The lowest BCUT2D eigenvalue weighted by atomic mass is 10.2. The Morgan fingerprint density at radius 2 is 2.04 bits per heavy atom. The fraction of sp³-hybridized carbons (Fsp3) is 0.111. The maximum Gasteiger partial charge on any atom is 0.234 e. The van der Waals surface area contributed by atoms with Crippen LogP contribution in [0.4, 0.5) is 5.69 Å². The van der Waals surface area contributed by atoms with Crippen LogP contribution in [0, 0.1) is 6.92 Å². The van der Waals surface area contributed by atoms with Crippen LogP contribution in [0.1, 0.15) is 5.82 Å². The van der Waals surface area contributed by atoms with E-state index in [1.807, 2.05) is 31.2 Å². The highest BCUT2D eigenvalue weighted by molar-refractivity contribution is 7.99. The van der Waals surface area contributed by atoms with Gasteiger partial charge < -0.3 is 5.32 Å². The molecular weight excluding hydrogens is 370 g/mol. The number of hydrogen-bond donors (Lipinski definition) is 1. The Bertz CT molecular complexity index is 1130. The van der Waals surface area contributed by atoms with Gasteiger partial charge in [0.25, 0.3) is 0 Å². The molecule has 0 fully saturated rings. The Morgan fingerprint density at radius 1 is 1.19 bits per heavy atom. The van der Waals surface area contributed by atoms with Crippen molar-refractivity contribution in [2.75, 3.05) is 11.1 Å². The minimum absolute atomic E-state index is 0.141. The highest BCUT2D eigenvalue weighted by Gasteiger charge is 2.13. The fourth-order valence-corrected chi connectivity index (χ4v) is 3.56. The third-order valence-corrected chi connectivity index (χ3v) is 4.86. The van der Waals surface area contributed by atoms with Gasteiger partial charge in [0.15, 0.2) is 10.8 Å². The van der Waals surface area contributed by atoms with Crippen molar-refractivity contribution in [3.05, 3.63) is 59.4 Å². The zero-order valence-electron chi connectivity index (χ0n) is 13.8. The van der Waals surface area contributed by atoms with Gasteiger partial charge in [0, 0.05) is 16.1 Å². The van der Waals surface area contributed by atoms with Gasteiger partial charge in [-0.3, -0.25) is 4.79 Å². The molecule has 6 nitrogen and oxygen atoms in total. The van der Waals surface area contributed by atoms with Crippen LogP contribution in [0.15, 0.2) is 53.7 Å². The minimum Gasteiger partial charge on any atom is -0.325 e. The summed E-state index contributed by atoms with van der Waals surface area (Å²) in [5, 5.41) is 9.37. The van der Waals surface area contributed by atoms with Crippen LogP contribution in [0.5, 0.6) is 0 Å². The number of aromatic nitrogens is 4. The lowest BCUT2D eigenvalue weighted by Gasteiger charge is -2.07. The number of halogens is 1. The molecule has 2 aromatic carbocycles. The van der Waals surface area contributed by atoms with E-state index in [0.29, 0.717) is 21.7 Å². The van der Waals surface area contributed by atoms with Gasteiger partial charge in [-0.2, -0.15) is 4.52 Å². The monoisotopic (exact) mass is 383 g/mol. The Kier molecular flexibility index (Phi) is 4.48. The second kappa shape index (κ2) is 6.93. The second-order valence-corrected chi connectivity index (χ2v) is 7.03. The zero-order valence-corrected chi connectivity index (χ0v) is 15.4. The third kappa shape index (κ3) is 3.36. The van der Waals surface area contributed by atoms with Crippen LogP contribution in [0.2, 0.25) is 5.02 Å². The molecule has 1 amide bonds. The van der Waals surface area contributed by atoms with E-state index in [4.69, 9.17) is 11.6 Å². The summed E-state index contributed by atoms with van der Waals surface area (Å²) in [6.45, 7) is 1.84. The standard InChI is InChI=1S/C18H14ClN5OS/c1-11-20-17-14-7-2-3-8-15(14)22-18(24(17)23-11)26-10-16(25)21-13-6-4-5-12(19)9-13/h2-9H,10H2,1H3,(H,21,25). The number of benzene rings is 2. The molecule has 4 rings (SSSR count). The molecule has 0 atom stereocenters. The number of nitrogens with one attached hydrogen (secondary N) is 1. The molecule has 0 spiro atoms. The van der Waals surface area contributed by atoms with Crippen molar-refractivity contribution < 1.29 is 4.79 Å². The number of amides is 1. The van der Waals surface area contributed by atoms with Gasteiger partial charge in [0.1, 0.15) is 5.82 Å². The first-order chi connectivity index (χ1) is 12.6. The van der Waals surface area contributed by atoms with Crippen molar-refractivity contribution in [2.45, 2.75) is 12.1 Å². The number of nitrogens with zero attached hydrogens (tertiary/aromatic N) is 4. The molecule has 26 heavy (non-hydrogen) atoms. The molecule has 0 aliphatic carbocycles. The lowest BCUT2D eigenvalue weighted by molar-refractivity contribution is -0.113. The number of aryl methyl sites for hydroxylation is 1. The number of thioether (sulfide) groups is 1. The van der Waals surface area contributed by atoms with Crippen molar-refractivity contribution in [3.63, 3.8) is 0 Å². The molecular formula is C18H14ClN5OS. The summed E-state index contributed by atoms with van der Waals surface area (Å²) in [6, 6.07) is 14.8. The van der Waals surface area contributed by atoms with Crippen molar-refractivity contribution in [1.29, 1.82) is 0 Å². The van der Waals surface area contributed by atoms with E-state index >= 15 is 0 Å². The molecule has 1 N–H and O–H groups in total. The predicted octanol–water partition coefficient (Wildman–Crippen LogP) is 3.97. The van der Waals surface area contributed by atoms with Crippen molar-refractivity contribution in [2.24, 2.45) is 0 Å². The molecule has 130 valence electrons. The maximum atomic E-state index is 12.3. The number of rotatable bonds is 4. The molecule has 8 heteroatoms. The predicted molar refractivity (Wildman–Crippen MR) is 104 cm³/mol. The van der Waals surface area contributed by atoms with Gasteiger partial charge in [0.2, 0.25) is 5.91 Å². The highest BCUT2D eigenvalue weighted by atomic mass is 35.5.